The smallest absolute Gasteiger partial charge is 0.271 e. The minimum Gasteiger partial charge on any atom is -0.495 e. The maximum Gasteiger partial charge on any atom is 0.271 e. The molecule has 0 bridgehead atoms. The summed E-state index contributed by atoms with van der Waals surface area (Å²) in [5, 5.41) is 14.8. The van der Waals surface area contributed by atoms with Crippen LogP contribution in [0.25, 0.3) is 5.65 Å². The van der Waals surface area contributed by atoms with Crippen LogP contribution in [0.15, 0.2) is 42.3 Å². The summed E-state index contributed by atoms with van der Waals surface area (Å²) in [6, 6.07) is 8.67. The molecule has 3 aliphatic heterocycles. The number of anilines is 3. The van der Waals surface area contributed by atoms with Crippen molar-refractivity contribution in [1.29, 1.82) is 0 Å². The van der Waals surface area contributed by atoms with E-state index in [4.69, 9.17) is 14.6 Å². The molecule has 1 amide bonds. The first-order valence-corrected chi connectivity index (χ1v) is 17.1. The summed E-state index contributed by atoms with van der Waals surface area (Å²) in [6.07, 6.45) is 13.3. The normalized spacial score (nSPS) is 24.3. The van der Waals surface area contributed by atoms with E-state index < -0.39 is 0 Å². The highest BCUT2D eigenvalue weighted by Crippen LogP contribution is 2.50. The average Bonchev–Trinajstić information content (AvgIpc) is 3.69. The van der Waals surface area contributed by atoms with E-state index in [1.165, 1.54) is 48.3 Å². The molecule has 8 rings (SSSR count). The van der Waals surface area contributed by atoms with Gasteiger partial charge in [0.05, 0.1) is 35.9 Å². The quantitative estimate of drug-likeness (QED) is 0.325. The number of nitrogens with zero attached hydrogens (tertiary/aromatic N) is 5. The predicted molar refractivity (Wildman–Crippen MR) is 178 cm³/mol. The number of benzene rings is 1. The first-order chi connectivity index (χ1) is 22.5. The van der Waals surface area contributed by atoms with E-state index in [1.54, 1.807) is 17.8 Å². The molecular formula is C35H46N8O3. The number of carbonyl (C=O) groups is 1. The standard InChI is InChI=1S/C35H46N8O3/c1-36-28-18-32(40-43-30(21-38-33(28)43)34(44)39-27-6-7-31(27)45-2)42-17-10-26-23(4-3-5-29(26)42)22-41-15-8-24(9-16-41)46-25-19-35(20-25)11-13-37-14-12-35/h3-5,8,18,21,25,27,31,36-37H,6-7,9-17,19-20,22H2,1-2H3,(H,39,44)/t27-,31-/m1/s1. The SMILES string of the molecule is CNc1cc(N2CCc3c(CN4CC=C(OC5CC6(CCNCC6)C5)CC4)cccc32)nn2c(C(=O)N[C@@H]3CC[C@H]3OC)cnc12. The van der Waals surface area contributed by atoms with Gasteiger partial charge in [0.2, 0.25) is 0 Å². The Hall–Kier alpha value is -3.67. The van der Waals surface area contributed by atoms with Crippen molar-refractivity contribution in [2.24, 2.45) is 5.41 Å². The number of piperidine rings is 1. The average molecular weight is 627 g/mol. The summed E-state index contributed by atoms with van der Waals surface area (Å²) < 4.78 is 13.6. The van der Waals surface area contributed by atoms with Gasteiger partial charge in [0.1, 0.15) is 0 Å². The zero-order valence-electron chi connectivity index (χ0n) is 27.1. The Morgan fingerprint density at radius 2 is 2.02 bits per heavy atom. The van der Waals surface area contributed by atoms with Crippen LogP contribution < -0.4 is 20.9 Å². The first kappa shape index (κ1) is 29.7. The second-order valence-corrected chi connectivity index (χ2v) is 13.8. The Balaban J connectivity index is 0.954. The van der Waals surface area contributed by atoms with Gasteiger partial charge >= 0.3 is 0 Å². The van der Waals surface area contributed by atoms with Crippen LogP contribution in [-0.4, -0.2) is 90.5 Å². The molecule has 2 aliphatic carbocycles. The highest BCUT2D eigenvalue weighted by atomic mass is 16.5. The summed E-state index contributed by atoms with van der Waals surface area (Å²) in [4.78, 5) is 22.6. The second kappa shape index (κ2) is 12.2. The molecule has 3 N–H and O–H groups in total. The van der Waals surface area contributed by atoms with Crippen molar-refractivity contribution in [2.45, 2.75) is 76.2 Å². The van der Waals surface area contributed by atoms with Crippen LogP contribution in [0.3, 0.4) is 0 Å². The molecule has 0 unspecified atom stereocenters. The molecule has 2 saturated carbocycles. The predicted octanol–water partition coefficient (Wildman–Crippen LogP) is 4.01. The molecular weight excluding hydrogens is 580 g/mol. The van der Waals surface area contributed by atoms with E-state index in [1.807, 2.05) is 13.1 Å². The summed E-state index contributed by atoms with van der Waals surface area (Å²) in [6.45, 7) is 6.01. The van der Waals surface area contributed by atoms with Gasteiger partial charge in [0, 0.05) is 58.5 Å². The van der Waals surface area contributed by atoms with Crippen molar-refractivity contribution >= 4 is 28.7 Å². The number of aromatic nitrogens is 3. The first-order valence-electron chi connectivity index (χ1n) is 17.1. The Kier molecular flexibility index (Phi) is 7.86. The van der Waals surface area contributed by atoms with Gasteiger partial charge in [0.15, 0.2) is 17.2 Å². The van der Waals surface area contributed by atoms with Crippen molar-refractivity contribution in [2.75, 3.05) is 57.1 Å². The number of imidazole rings is 1. The lowest BCUT2D eigenvalue weighted by Gasteiger charge is -2.50. The lowest BCUT2D eigenvalue weighted by Crippen LogP contribution is -2.51. The largest absolute Gasteiger partial charge is 0.495 e. The number of nitrogens with one attached hydrogen (secondary N) is 3. The topological polar surface area (TPSA) is 108 Å². The van der Waals surface area contributed by atoms with Crippen molar-refractivity contribution in [3.63, 3.8) is 0 Å². The number of hydrogen-bond donors (Lipinski definition) is 3. The van der Waals surface area contributed by atoms with Crippen LogP contribution >= 0.6 is 0 Å². The molecule has 0 radical (unpaired) electrons. The Bertz CT molecular complexity index is 1640. The van der Waals surface area contributed by atoms with E-state index in [9.17, 15) is 4.79 Å². The summed E-state index contributed by atoms with van der Waals surface area (Å²) in [5.41, 5.74) is 6.37. The number of hydrogen-bond acceptors (Lipinski definition) is 9. The molecule has 1 spiro atoms. The van der Waals surface area contributed by atoms with Crippen LogP contribution in [0.1, 0.15) is 66.6 Å². The summed E-state index contributed by atoms with van der Waals surface area (Å²) in [5.74, 6) is 1.80. The summed E-state index contributed by atoms with van der Waals surface area (Å²) in [7, 11) is 3.57. The van der Waals surface area contributed by atoms with Gasteiger partial charge < -0.3 is 30.3 Å². The highest BCUT2D eigenvalue weighted by molar-refractivity contribution is 5.94. The molecule has 3 fully saturated rings. The number of carbonyl (C=O) groups excluding carboxylic acids is 1. The van der Waals surface area contributed by atoms with Gasteiger partial charge in [-0.15, -0.1) is 5.10 Å². The van der Waals surface area contributed by atoms with Crippen LogP contribution in [0.5, 0.6) is 0 Å². The Morgan fingerprint density at radius 3 is 2.76 bits per heavy atom. The third-order valence-electron chi connectivity index (χ3n) is 11.1. The van der Waals surface area contributed by atoms with Gasteiger partial charge in [-0.25, -0.2) is 9.50 Å². The summed E-state index contributed by atoms with van der Waals surface area (Å²) >= 11 is 0. The molecule has 5 aliphatic rings. The van der Waals surface area contributed by atoms with Crippen LogP contribution in [0.4, 0.5) is 17.2 Å². The molecule has 244 valence electrons. The molecule has 2 aromatic heterocycles. The monoisotopic (exact) mass is 626 g/mol. The van der Waals surface area contributed by atoms with E-state index >= 15 is 0 Å². The van der Waals surface area contributed by atoms with E-state index in [0.29, 0.717) is 22.9 Å². The van der Waals surface area contributed by atoms with Crippen molar-refractivity contribution in [3.05, 3.63) is 59.1 Å². The minimum atomic E-state index is -0.183. The lowest BCUT2D eigenvalue weighted by molar-refractivity contribution is -0.0710. The molecule has 1 aromatic carbocycles. The fourth-order valence-corrected chi connectivity index (χ4v) is 8.23. The molecule has 46 heavy (non-hydrogen) atoms. The minimum absolute atomic E-state index is 0.0165. The van der Waals surface area contributed by atoms with Crippen LogP contribution in [0.2, 0.25) is 0 Å². The van der Waals surface area contributed by atoms with Crippen LogP contribution in [0, 0.1) is 5.41 Å². The fourth-order valence-electron chi connectivity index (χ4n) is 8.23. The van der Waals surface area contributed by atoms with Gasteiger partial charge in [-0.1, -0.05) is 12.1 Å². The molecule has 2 atom stereocenters. The maximum absolute atomic E-state index is 13.3. The van der Waals surface area contributed by atoms with E-state index in [0.717, 1.165) is 76.5 Å². The number of amides is 1. The van der Waals surface area contributed by atoms with Gasteiger partial charge in [-0.2, -0.15) is 0 Å². The lowest BCUT2D eigenvalue weighted by atomic mass is 9.62. The van der Waals surface area contributed by atoms with Crippen molar-refractivity contribution < 1.29 is 14.3 Å². The number of fused-ring (bicyclic) bond motifs is 2. The van der Waals surface area contributed by atoms with Crippen LogP contribution in [-0.2, 0) is 22.4 Å². The maximum atomic E-state index is 13.3. The highest BCUT2D eigenvalue weighted by Gasteiger charge is 2.46. The molecule has 11 nitrogen and oxygen atoms in total. The third kappa shape index (κ3) is 5.42. The molecule has 3 aromatic rings. The third-order valence-corrected chi connectivity index (χ3v) is 11.1. The zero-order valence-corrected chi connectivity index (χ0v) is 27.1. The fraction of sp³-hybridized carbons (Fsp3) is 0.571. The van der Waals surface area contributed by atoms with Gasteiger partial charge in [-0.05, 0) is 86.7 Å². The van der Waals surface area contributed by atoms with Crippen molar-refractivity contribution in [3.8, 4) is 0 Å². The van der Waals surface area contributed by atoms with E-state index in [2.05, 4.69) is 55.0 Å². The Morgan fingerprint density at radius 1 is 1.15 bits per heavy atom. The zero-order chi connectivity index (χ0) is 31.3. The van der Waals surface area contributed by atoms with Gasteiger partial charge in [-0.3, -0.25) is 9.69 Å². The Labute approximate surface area is 270 Å². The molecule has 11 heteroatoms. The number of ether oxygens (including phenoxy) is 2. The number of methoxy groups -OCH3 is 1. The van der Waals surface area contributed by atoms with E-state index in [-0.39, 0.29) is 18.1 Å². The molecule has 1 saturated heterocycles. The second-order valence-electron chi connectivity index (χ2n) is 13.8. The van der Waals surface area contributed by atoms with Crippen molar-refractivity contribution in [1.82, 2.24) is 30.1 Å². The van der Waals surface area contributed by atoms with Gasteiger partial charge in [0.25, 0.3) is 5.91 Å². The molecule has 5 heterocycles. The number of rotatable bonds is 9.